The number of nitrogens with zero attached hydrogens (tertiary/aromatic N) is 1. The molecule has 2 aliphatic rings. The molecular formula is C22H22N2O3S. The van der Waals surface area contributed by atoms with Crippen LogP contribution >= 0.6 is 11.8 Å². The van der Waals surface area contributed by atoms with Crippen LogP contribution in [0.15, 0.2) is 48.5 Å². The maximum atomic E-state index is 13.2. The van der Waals surface area contributed by atoms with Crippen LogP contribution in [0.2, 0.25) is 0 Å². The Morgan fingerprint density at radius 1 is 1.11 bits per heavy atom. The summed E-state index contributed by atoms with van der Waals surface area (Å²) in [7, 11) is 0. The van der Waals surface area contributed by atoms with Gasteiger partial charge in [-0.05, 0) is 54.5 Å². The molecule has 0 saturated heterocycles. The zero-order valence-electron chi connectivity index (χ0n) is 15.7. The second kappa shape index (κ2) is 7.80. The van der Waals surface area contributed by atoms with Crippen molar-refractivity contribution < 1.29 is 14.4 Å². The molecule has 4 rings (SSSR count). The van der Waals surface area contributed by atoms with Crippen LogP contribution in [0, 0.1) is 0 Å². The average Bonchev–Trinajstić information content (AvgIpc) is 3.23. The fourth-order valence-electron chi connectivity index (χ4n) is 4.07. The van der Waals surface area contributed by atoms with Gasteiger partial charge in [-0.25, -0.2) is 0 Å². The number of imide groups is 1. The molecule has 0 unspecified atom stereocenters. The first-order valence-electron chi connectivity index (χ1n) is 9.46. The van der Waals surface area contributed by atoms with Gasteiger partial charge in [0.2, 0.25) is 5.91 Å². The van der Waals surface area contributed by atoms with Crippen molar-refractivity contribution in [1.29, 1.82) is 0 Å². The molecule has 1 aliphatic heterocycles. The lowest BCUT2D eigenvalue weighted by molar-refractivity contribution is -0.125. The summed E-state index contributed by atoms with van der Waals surface area (Å²) in [5.41, 5.74) is 3.12. The lowest BCUT2D eigenvalue weighted by Gasteiger charge is -2.27. The molecule has 0 spiro atoms. The molecule has 0 saturated carbocycles. The first-order valence-corrected chi connectivity index (χ1v) is 10.8. The topological polar surface area (TPSA) is 66.5 Å². The van der Waals surface area contributed by atoms with Gasteiger partial charge in [0.25, 0.3) is 11.8 Å². The molecular weight excluding hydrogens is 372 g/mol. The Balaban J connectivity index is 1.58. The highest BCUT2D eigenvalue weighted by Gasteiger charge is 2.43. The van der Waals surface area contributed by atoms with E-state index in [1.54, 1.807) is 36.0 Å². The predicted octanol–water partition coefficient (Wildman–Crippen LogP) is 3.21. The number of fused-ring (bicyclic) bond motifs is 2. The van der Waals surface area contributed by atoms with Gasteiger partial charge in [-0.3, -0.25) is 19.3 Å². The summed E-state index contributed by atoms with van der Waals surface area (Å²) >= 11 is 1.59. The zero-order valence-corrected chi connectivity index (χ0v) is 16.5. The molecule has 0 fully saturated rings. The van der Waals surface area contributed by atoms with Crippen LogP contribution < -0.4 is 5.32 Å². The fraction of sp³-hybridized carbons (Fsp3) is 0.318. The van der Waals surface area contributed by atoms with Gasteiger partial charge in [0.15, 0.2) is 0 Å². The Bertz CT molecular complexity index is 908. The van der Waals surface area contributed by atoms with Gasteiger partial charge in [-0.15, -0.1) is 0 Å². The van der Waals surface area contributed by atoms with Gasteiger partial charge < -0.3 is 5.32 Å². The number of nitrogens with one attached hydrogen (secondary N) is 1. The second-order valence-corrected chi connectivity index (χ2v) is 8.11. The van der Waals surface area contributed by atoms with Gasteiger partial charge in [0, 0.05) is 0 Å². The van der Waals surface area contributed by atoms with Crippen molar-refractivity contribution in [3.8, 4) is 0 Å². The number of carbonyl (C=O) groups is 3. The van der Waals surface area contributed by atoms with Crippen LogP contribution in [-0.2, 0) is 11.2 Å². The zero-order chi connectivity index (χ0) is 19.7. The molecule has 2 atom stereocenters. The molecule has 5 nitrogen and oxygen atoms in total. The molecule has 1 N–H and O–H groups in total. The summed E-state index contributed by atoms with van der Waals surface area (Å²) in [5.74, 6) is -0.333. The summed E-state index contributed by atoms with van der Waals surface area (Å²) in [6, 6.07) is 14.0. The molecule has 3 amide bonds. The van der Waals surface area contributed by atoms with E-state index in [0.29, 0.717) is 23.3 Å². The van der Waals surface area contributed by atoms with Crippen LogP contribution in [0.3, 0.4) is 0 Å². The van der Waals surface area contributed by atoms with Crippen molar-refractivity contribution in [2.75, 3.05) is 12.0 Å². The normalized spacial score (nSPS) is 18.8. The van der Waals surface area contributed by atoms with Crippen LogP contribution in [0.1, 0.15) is 50.7 Å². The third-order valence-corrected chi connectivity index (χ3v) is 6.13. The molecule has 28 heavy (non-hydrogen) atoms. The van der Waals surface area contributed by atoms with Crippen LogP contribution in [0.4, 0.5) is 0 Å². The molecule has 0 aromatic heterocycles. The highest BCUT2D eigenvalue weighted by Crippen LogP contribution is 2.32. The fourth-order valence-corrected chi connectivity index (χ4v) is 4.53. The van der Waals surface area contributed by atoms with Crippen molar-refractivity contribution in [2.45, 2.75) is 31.3 Å². The lowest BCUT2D eigenvalue weighted by Crippen LogP contribution is -2.50. The number of rotatable bonds is 6. The quantitative estimate of drug-likeness (QED) is 0.764. The van der Waals surface area contributed by atoms with Gasteiger partial charge >= 0.3 is 0 Å². The number of carbonyl (C=O) groups excluding carboxylic acids is 3. The van der Waals surface area contributed by atoms with Crippen LogP contribution in [0.25, 0.3) is 0 Å². The molecule has 0 bridgehead atoms. The minimum atomic E-state index is -0.799. The average molecular weight is 394 g/mol. The number of hydrogen-bond acceptors (Lipinski definition) is 4. The van der Waals surface area contributed by atoms with Crippen molar-refractivity contribution in [3.63, 3.8) is 0 Å². The van der Waals surface area contributed by atoms with Crippen molar-refractivity contribution in [3.05, 3.63) is 70.8 Å². The second-order valence-electron chi connectivity index (χ2n) is 7.12. The third-order valence-electron chi connectivity index (χ3n) is 5.48. The van der Waals surface area contributed by atoms with Gasteiger partial charge in [-0.2, -0.15) is 11.8 Å². The number of amides is 3. The Hall–Kier alpha value is -2.60. The summed E-state index contributed by atoms with van der Waals surface area (Å²) < 4.78 is 0. The van der Waals surface area contributed by atoms with Gasteiger partial charge in [0.1, 0.15) is 6.04 Å². The van der Waals surface area contributed by atoms with E-state index in [-0.39, 0.29) is 23.8 Å². The summed E-state index contributed by atoms with van der Waals surface area (Å²) in [6.07, 6.45) is 4.14. The Morgan fingerprint density at radius 3 is 2.43 bits per heavy atom. The molecule has 1 aliphatic carbocycles. The highest BCUT2D eigenvalue weighted by molar-refractivity contribution is 7.98. The number of benzene rings is 2. The predicted molar refractivity (Wildman–Crippen MR) is 109 cm³/mol. The van der Waals surface area contributed by atoms with Gasteiger partial charge in [0.05, 0.1) is 17.2 Å². The number of hydrogen-bond donors (Lipinski definition) is 1. The van der Waals surface area contributed by atoms with Gasteiger partial charge in [-0.1, -0.05) is 36.4 Å². The molecule has 1 heterocycles. The van der Waals surface area contributed by atoms with Crippen molar-refractivity contribution in [1.82, 2.24) is 10.2 Å². The summed E-state index contributed by atoms with van der Waals surface area (Å²) in [5, 5.41) is 3.09. The van der Waals surface area contributed by atoms with Crippen molar-refractivity contribution in [2.24, 2.45) is 0 Å². The minimum Gasteiger partial charge on any atom is -0.347 e. The van der Waals surface area contributed by atoms with E-state index in [4.69, 9.17) is 0 Å². The maximum absolute atomic E-state index is 13.2. The van der Waals surface area contributed by atoms with E-state index < -0.39 is 6.04 Å². The minimum absolute atomic E-state index is 0.0735. The molecule has 6 heteroatoms. The first kappa shape index (κ1) is 18.7. The first-order chi connectivity index (χ1) is 13.6. The van der Waals surface area contributed by atoms with E-state index in [2.05, 4.69) is 11.4 Å². The van der Waals surface area contributed by atoms with E-state index in [9.17, 15) is 14.4 Å². The van der Waals surface area contributed by atoms with Crippen molar-refractivity contribution >= 4 is 29.5 Å². The smallest absolute Gasteiger partial charge is 0.262 e. The Kier molecular flexibility index (Phi) is 5.22. The molecule has 144 valence electrons. The highest BCUT2D eigenvalue weighted by atomic mass is 32.2. The van der Waals surface area contributed by atoms with Crippen LogP contribution in [0.5, 0.6) is 0 Å². The maximum Gasteiger partial charge on any atom is 0.262 e. The monoisotopic (exact) mass is 394 g/mol. The summed E-state index contributed by atoms with van der Waals surface area (Å²) in [4.78, 5) is 40.1. The lowest BCUT2D eigenvalue weighted by atomic mass is 10.1. The Morgan fingerprint density at radius 2 is 1.75 bits per heavy atom. The molecule has 0 radical (unpaired) electrons. The van der Waals surface area contributed by atoms with E-state index >= 15 is 0 Å². The third kappa shape index (κ3) is 3.22. The SMILES string of the molecule is CSCC[C@@H](C(=O)N[C@H]1CCc2ccccc21)N1C(=O)c2ccccc2C1=O. The number of thioether (sulfide) groups is 1. The summed E-state index contributed by atoms with van der Waals surface area (Å²) in [6.45, 7) is 0. The molecule has 2 aromatic carbocycles. The Labute approximate surface area is 168 Å². The van der Waals surface area contributed by atoms with E-state index in [1.807, 2.05) is 24.5 Å². The van der Waals surface area contributed by atoms with E-state index in [0.717, 1.165) is 23.3 Å². The standard InChI is InChI=1S/C22H22N2O3S/c1-28-13-12-19(24-21(26)16-8-4-5-9-17(16)22(24)27)20(25)23-18-11-10-14-6-2-3-7-15(14)18/h2-9,18-19H,10-13H2,1H3,(H,23,25)/t18-,19-/m0/s1. The largest absolute Gasteiger partial charge is 0.347 e. The van der Waals surface area contributed by atoms with E-state index in [1.165, 1.54) is 5.56 Å². The number of aryl methyl sites for hydroxylation is 1. The molecule has 2 aromatic rings. The van der Waals surface area contributed by atoms with Crippen LogP contribution in [-0.4, -0.2) is 40.7 Å².